The Balaban J connectivity index is 1.72. The number of cyclic esters (lactones) is 1. The summed E-state index contributed by atoms with van der Waals surface area (Å²) in [7, 11) is 1.47. The highest BCUT2D eigenvalue weighted by Gasteiger charge is 2.41. The predicted molar refractivity (Wildman–Crippen MR) is 138 cm³/mol. The highest BCUT2D eigenvalue weighted by molar-refractivity contribution is 5.76. The van der Waals surface area contributed by atoms with Crippen LogP contribution in [0.4, 0.5) is 22.4 Å². The number of carbonyl (C=O) groups excluding carboxylic acids is 1. The number of ether oxygens (including phenoxy) is 2. The Labute approximate surface area is 220 Å². The number of methoxy groups -OCH3 is 1. The molecule has 8 heteroatoms. The van der Waals surface area contributed by atoms with Gasteiger partial charge in [-0.05, 0) is 67.1 Å². The fourth-order valence-electron chi connectivity index (χ4n) is 4.99. The highest BCUT2D eigenvalue weighted by Crippen LogP contribution is 2.40. The topological polar surface area (TPSA) is 38.8 Å². The maximum Gasteiger partial charge on any atom is 0.416 e. The largest absolute Gasteiger partial charge is 0.496 e. The molecular formula is C30H31F4NO3. The average Bonchev–Trinajstić information content (AvgIpc) is 3.11. The van der Waals surface area contributed by atoms with Gasteiger partial charge in [0, 0.05) is 11.6 Å². The van der Waals surface area contributed by atoms with Gasteiger partial charge in [0.2, 0.25) is 0 Å². The van der Waals surface area contributed by atoms with Crippen LogP contribution in [0.3, 0.4) is 0 Å². The lowest BCUT2D eigenvalue weighted by molar-refractivity contribution is -0.137. The van der Waals surface area contributed by atoms with E-state index in [1.54, 1.807) is 26.0 Å². The van der Waals surface area contributed by atoms with E-state index in [0.717, 1.165) is 28.8 Å². The van der Waals surface area contributed by atoms with Crippen molar-refractivity contribution in [2.24, 2.45) is 0 Å². The van der Waals surface area contributed by atoms with Crippen LogP contribution in [-0.4, -0.2) is 24.1 Å². The predicted octanol–water partition coefficient (Wildman–Crippen LogP) is 8.34. The van der Waals surface area contributed by atoms with Gasteiger partial charge in [0.1, 0.15) is 17.7 Å². The van der Waals surface area contributed by atoms with Crippen LogP contribution in [0.1, 0.15) is 66.2 Å². The van der Waals surface area contributed by atoms with Crippen molar-refractivity contribution in [3.63, 3.8) is 0 Å². The second-order valence-electron chi connectivity index (χ2n) is 10.2. The smallest absolute Gasteiger partial charge is 0.416 e. The van der Waals surface area contributed by atoms with Crippen LogP contribution in [0.15, 0.2) is 48.5 Å². The molecule has 38 heavy (non-hydrogen) atoms. The van der Waals surface area contributed by atoms with Gasteiger partial charge in [0.05, 0.1) is 25.3 Å². The van der Waals surface area contributed by atoms with Gasteiger partial charge < -0.3 is 9.47 Å². The van der Waals surface area contributed by atoms with E-state index in [1.807, 2.05) is 39.0 Å². The molecule has 0 aromatic heterocycles. The van der Waals surface area contributed by atoms with Gasteiger partial charge in [0.25, 0.3) is 0 Å². The van der Waals surface area contributed by atoms with Gasteiger partial charge >= 0.3 is 12.3 Å². The molecule has 2 atom stereocenters. The Morgan fingerprint density at radius 1 is 1.00 bits per heavy atom. The summed E-state index contributed by atoms with van der Waals surface area (Å²) in [5.74, 6) is -0.0459. The molecule has 1 amide bonds. The van der Waals surface area contributed by atoms with Crippen molar-refractivity contribution in [1.82, 2.24) is 4.90 Å². The first-order valence-corrected chi connectivity index (χ1v) is 12.4. The zero-order valence-electron chi connectivity index (χ0n) is 22.2. The number of alkyl halides is 3. The zero-order valence-corrected chi connectivity index (χ0v) is 22.2. The van der Waals surface area contributed by atoms with Gasteiger partial charge in [-0.2, -0.15) is 13.2 Å². The van der Waals surface area contributed by atoms with Gasteiger partial charge in [-0.1, -0.05) is 49.2 Å². The number of halogens is 4. The van der Waals surface area contributed by atoms with E-state index < -0.39 is 30.0 Å². The normalized spacial score (nSPS) is 17.8. The summed E-state index contributed by atoms with van der Waals surface area (Å²) in [5.41, 5.74) is 3.70. The molecule has 0 spiro atoms. The number of hydrogen-bond donors (Lipinski definition) is 0. The Bertz CT molecular complexity index is 1370. The lowest BCUT2D eigenvalue weighted by atomic mass is 9.92. The van der Waals surface area contributed by atoms with E-state index >= 15 is 0 Å². The number of aryl methyl sites for hydroxylation is 2. The van der Waals surface area contributed by atoms with Crippen LogP contribution in [0, 0.1) is 19.7 Å². The number of benzene rings is 3. The summed E-state index contributed by atoms with van der Waals surface area (Å²) < 4.78 is 66.1. The van der Waals surface area contributed by atoms with E-state index in [4.69, 9.17) is 9.47 Å². The first kappa shape index (κ1) is 27.5. The lowest BCUT2D eigenvalue weighted by Crippen LogP contribution is -2.31. The number of rotatable bonds is 6. The number of carbonyl (C=O) groups is 1. The first-order chi connectivity index (χ1) is 17.8. The number of hydrogen-bond acceptors (Lipinski definition) is 3. The van der Waals surface area contributed by atoms with Crippen LogP contribution in [-0.2, 0) is 17.5 Å². The summed E-state index contributed by atoms with van der Waals surface area (Å²) in [6, 6.07) is 12.1. The van der Waals surface area contributed by atoms with Crippen LogP contribution in [0.25, 0.3) is 11.1 Å². The van der Waals surface area contributed by atoms with Crippen molar-refractivity contribution >= 4 is 6.09 Å². The summed E-state index contributed by atoms with van der Waals surface area (Å²) >= 11 is 0. The molecule has 4 rings (SSSR count). The molecule has 0 bridgehead atoms. The molecule has 0 saturated carbocycles. The van der Waals surface area contributed by atoms with Crippen LogP contribution in [0.5, 0.6) is 5.75 Å². The molecule has 1 fully saturated rings. The summed E-state index contributed by atoms with van der Waals surface area (Å²) in [6.45, 7) is 9.23. The van der Waals surface area contributed by atoms with Crippen molar-refractivity contribution in [3.05, 3.63) is 87.7 Å². The molecule has 1 aliphatic heterocycles. The molecule has 3 aromatic carbocycles. The maximum atomic E-state index is 14.7. The van der Waals surface area contributed by atoms with E-state index in [-0.39, 0.29) is 18.3 Å². The van der Waals surface area contributed by atoms with Crippen molar-refractivity contribution in [2.45, 2.75) is 65.4 Å². The second-order valence-corrected chi connectivity index (χ2v) is 10.2. The molecule has 1 saturated heterocycles. The third-order valence-electron chi connectivity index (χ3n) is 6.98. The van der Waals surface area contributed by atoms with Gasteiger partial charge in [0.15, 0.2) is 0 Å². The Hall–Kier alpha value is -3.55. The van der Waals surface area contributed by atoms with Crippen LogP contribution >= 0.6 is 0 Å². The molecule has 0 radical (unpaired) electrons. The van der Waals surface area contributed by atoms with Crippen molar-refractivity contribution in [3.8, 4) is 16.9 Å². The molecule has 1 aliphatic rings. The Morgan fingerprint density at radius 3 is 2.34 bits per heavy atom. The lowest BCUT2D eigenvalue weighted by Gasteiger charge is -2.24. The van der Waals surface area contributed by atoms with Crippen molar-refractivity contribution in [1.29, 1.82) is 0 Å². The fraction of sp³-hybridized carbons (Fsp3) is 0.367. The molecule has 0 aliphatic carbocycles. The zero-order chi connectivity index (χ0) is 27.9. The molecule has 0 unspecified atom stereocenters. The van der Waals surface area contributed by atoms with E-state index in [0.29, 0.717) is 28.0 Å². The molecular weight excluding hydrogens is 498 g/mol. The van der Waals surface area contributed by atoms with Gasteiger partial charge in [-0.25, -0.2) is 9.18 Å². The minimum Gasteiger partial charge on any atom is -0.496 e. The van der Waals surface area contributed by atoms with E-state index in [9.17, 15) is 22.4 Å². The monoisotopic (exact) mass is 529 g/mol. The number of amides is 1. The minimum atomic E-state index is -4.51. The van der Waals surface area contributed by atoms with Crippen molar-refractivity contribution < 1.29 is 31.8 Å². The van der Waals surface area contributed by atoms with Gasteiger partial charge in [-0.15, -0.1) is 0 Å². The first-order valence-electron chi connectivity index (χ1n) is 12.4. The maximum absolute atomic E-state index is 14.7. The summed E-state index contributed by atoms with van der Waals surface area (Å²) in [6.07, 6.45) is -5.98. The fourth-order valence-corrected chi connectivity index (χ4v) is 4.99. The minimum absolute atomic E-state index is 0.0567. The van der Waals surface area contributed by atoms with Crippen LogP contribution in [0.2, 0.25) is 0 Å². The average molecular weight is 530 g/mol. The molecule has 1 heterocycles. The van der Waals surface area contributed by atoms with Crippen molar-refractivity contribution in [2.75, 3.05) is 7.11 Å². The molecule has 4 nitrogen and oxygen atoms in total. The SMILES string of the molecule is COc1cc(F)c(C(C)C)cc1-c1ccc(C)cc1CN1C(=O)O[C@H](c2cc(C)cc(C(F)(F)F)c2)[C@@H]1C. The van der Waals surface area contributed by atoms with E-state index in [2.05, 4.69) is 0 Å². The summed E-state index contributed by atoms with van der Waals surface area (Å²) in [4.78, 5) is 14.5. The van der Waals surface area contributed by atoms with E-state index in [1.165, 1.54) is 18.1 Å². The second kappa shape index (κ2) is 10.3. The third-order valence-corrected chi connectivity index (χ3v) is 6.98. The highest BCUT2D eigenvalue weighted by atomic mass is 19.4. The quantitative estimate of drug-likeness (QED) is 0.301. The van der Waals surface area contributed by atoms with Crippen LogP contribution < -0.4 is 4.74 Å². The standard InChI is InChI=1S/C30H31F4NO3/c1-16(2)24-13-25(27(37-6)14-26(24)31)23-8-7-17(3)9-21(23)15-35-19(5)28(38-29(35)36)20-10-18(4)11-22(12-20)30(32,33)34/h7-14,16,19,28H,15H2,1-6H3/t19-,28-/m0/s1. The Kier molecular flexibility index (Phi) is 7.46. The summed E-state index contributed by atoms with van der Waals surface area (Å²) in [5, 5.41) is 0. The molecule has 0 N–H and O–H groups in total. The molecule has 3 aromatic rings. The molecule has 202 valence electrons. The number of nitrogens with zero attached hydrogens (tertiary/aromatic N) is 1. The van der Waals surface area contributed by atoms with Gasteiger partial charge in [-0.3, -0.25) is 4.90 Å². The Morgan fingerprint density at radius 2 is 1.71 bits per heavy atom. The third kappa shape index (κ3) is 5.35.